The van der Waals surface area contributed by atoms with Crippen LogP contribution in [0.25, 0.3) is 11.4 Å². The van der Waals surface area contributed by atoms with Gasteiger partial charge >= 0.3 is 6.03 Å². The number of carbonyl (C=O) groups excluding carboxylic acids is 2. The van der Waals surface area contributed by atoms with E-state index in [9.17, 15) is 14.0 Å². The Morgan fingerprint density at radius 2 is 1.75 bits per heavy atom. The molecule has 0 atom stereocenters. The van der Waals surface area contributed by atoms with Gasteiger partial charge in [-0.2, -0.15) is 0 Å². The van der Waals surface area contributed by atoms with Crippen LogP contribution < -0.4 is 10.6 Å². The maximum absolute atomic E-state index is 14.4. The lowest BCUT2D eigenvalue weighted by atomic mass is 10.2. The van der Waals surface area contributed by atoms with Gasteiger partial charge in [-0.15, -0.1) is 10.2 Å². The first-order valence-corrected chi connectivity index (χ1v) is 11.5. The summed E-state index contributed by atoms with van der Waals surface area (Å²) >= 11 is 1.16. The molecular formula is C23H24FN5O2S. The predicted molar refractivity (Wildman–Crippen MR) is 121 cm³/mol. The van der Waals surface area contributed by atoms with Gasteiger partial charge in [0.05, 0.1) is 17.9 Å². The van der Waals surface area contributed by atoms with Crippen LogP contribution in [0.15, 0.2) is 59.8 Å². The lowest BCUT2D eigenvalue weighted by Crippen LogP contribution is -2.44. The lowest BCUT2D eigenvalue weighted by molar-refractivity contribution is -0.117. The van der Waals surface area contributed by atoms with Crippen LogP contribution in [-0.2, 0) is 11.3 Å². The van der Waals surface area contributed by atoms with Crippen LogP contribution in [-0.4, -0.2) is 38.5 Å². The van der Waals surface area contributed by atoms with Crippen LogP contribution in [0.3, 0.4) is 0 Å². The van der Waals surface area contributed by atoms with Gasteiger partial charge in [0.1, 0.15) is 5.82 Å². The number of thioether (sulfide) groups is 1. The third-order valence-electron chi connectivity index (χ3n) is 5.29. The van der Waals surface area contributed by atoms with E-state index in [4.69, 9.17) is 0 Å². The summed E-state index contributed by atoms with van der Waals surface area (Å²) in [7, 11) is 0. The number of hydrogen-bond donors (Lipinski definition) is 2. The number of halogens is 1. The fraction of sp³-hybridized carbons (Fsp3) is 0.304. The molecule has 1 saturated carbocycles. The number of rotatable bonds is 7. The minimum atomic E-state index is -0.472. The fourth-order valence-electron chi connectivity index (χ4n) is 3.73. The molecule has 1 heterocycles. The SMILES string of the molecule is O=C(CSc1nnc(-c2ccccc2F)n1Cc1ccccc1)NC(=O)NC1CCCC1. The maximum Gasteiger partial charge on any atom is 0.321 e. The molecule has 4 rings (SSSR count). The number of urea groups is 1. The Balaban J connectivity index is 1.47. The monoisotopic (exact) mass is 453 g/mol. The fourth-order valence-corrected chi connectivity index (χ4v) is 4.47. The molecule has 2 aromatic carbocycles. The zero-order chi connectivity index (χ0) is 22.3. The van der Waals surface area contributed by atoms with Crippen molar-refractivity contribution in [3.8, 4) is 11.4 Å². The van der Waals surface area contributed by atoms with E-state index in [0.717, 1.165) is 43.0 Å². The zero-order valence-corrected chi connectivity index (χ0v) is 18.3. The number of nitrogens with one attached hydrogen (secondary N) is 2. The van der Waals surface area contributed by atoms with Gasteiger partial charge in [0.15, 0.2) is 11.0 Å². The number of carbonyl (C=O) groups is 2. The average Bonchev–Trinajstić information content (AvgIpc) is 3.43. The minimum absolute atomic E-state index is 0.0116. The first-order chi connectivity index (χ1) is 15.6. The zero-order valence-electron chi connectivity index (χ0n) is 17.5. The van der Waals surface area contributed by atoms with Crippen molar-refractivity contribution in [3.05, 3.63) is 66.0 Å². The van der Waals surface area contributed by atoms with E-state index in [2.05, 4.69) is 20.8 Å². The lowest BCUT2D eigenvalue weighted by Gasteiger charge is -2.13. The van der Waals surface area contributed by atoms with Gasteiger partial charge in [-0.05, 0) is 30.5 Å². The molecule has 0 unspecified atom stereocenters. The Morgan fingerprint density at radius 3 is 2.50 bits per heavy atom. The molecule has 9 heteroatoms. The molecular weight excluding hydrogens is 429 g/mol. The third-order valence-corrected chi connectivity index (χ3v) is 6.26. The summed E-state index contributed by atoms with van der Waals surface area (Å²) in [6.45, 7) is 0.420. The second-order valence-electron chi connectivity index (χ2n) is 7.65. The Morgan fingerprint density at radius 1 is 1.03 bits per heavy atom. The van der Waals surface area contributed by atoms with Crippen LogP contribution in [0.1, 0.15) is 31.2 Å². The van der Waals surface area contributed by atoms with Gasteiger partial charge in [-0.3, -0.25) is 14.7 Å². The smallest absolute Gasteiger partial charge is 0.321 e. The summed E-state index contributed by atoms with van der Waals surface area (Å²) in [5.41, 5.74) is 1.33. The standard InChI is InChI=1S/C23H24FN5O2S/c24-19-13-7-6-12-18(19)21-27-28-23(29(21)14-16-8-2-1-3-9-16)32-15-20(30)26-22(31)25-17-10-4-5-11-17/h1-3,6-9,12-13,17H,4-5,10-11,14-15H2,(H2,25,26,30,31). The highest BCUT2D eigenvalue weighted by Gasteiger charge is 2.20. The van der Waals surface area contributed by atoms with Crippen LogP contribution in [0, 0.1) is 5.82 Å². The van der Waals surface area contributed by atoms with Crippen molar-refractivity contribution < 1.29 is 14.0 Å². The van der Waals surface area contributed by atoms with E-state index >= 15 is 0 Å². The summed E-state index contributed by atoms with van der Waals surface area (Å²) in [6, 6.07) is 15.7. The normalized spacial score (nSPS) is 13.8. The van der Waals surface area contributed by atoms with Crippen molar-refractivity contribution in [1.82, 2.24) is 25.4 Å². The molecule has 0 saturated heterocycles. The van der Waals surface area contributed by atoms with E-state index < -0.39 is 17.8 Å². The van der Waals surface area contributed by atoms with Crippen molar-refractivity contribution in [2.24, 2.45) is 0 Å². The van der Waals surface area contributed by atoms with E-state index in [0.29, 0.717) is 23.1 Å². The second kappa shape index (κ2) is 10.4. The van der Waals surface area contributed by atoms with Crippen LogP contribution >= 0.6 is 11.8 Å². The number of imide groups is 1. The van der Waals surface area contributed by atoms with Crippen molar-refractivity contribution in [1.29, 1.82) is 0 Å². The second-order valence-corrected chi connectivity index (χ2v) is 8.59. The molecule has 0 radical (unpaired) electrons. The molecule has 3 amide bonds. The van der Waals surface area contributed by atoms with Gasteiger partial charge in [0.2, 0.25) is 5.91 Å². The maximum atomic E-state index is 14.4. The summed E-state index contributed by atoms with van der Waals surface area (Å²) < 4.78 is 16.2. The van der Waals surface area contributed by atoms with Crippen molar-refractivity contribution >= 4 is 23.7 Å². The largest absolute Gasteiger partial charge is 0.335 e. The molecule has 7 nitrogen and oxygen atoms in total. The molecule has 0 aliphatic heterocycles. The van der Waals surface area contributed by atoms with Crippen LogP contribution in [0.2, 0.25) is 0 Å². The predicted octanol–water partition coefficient (Wildman–Crippen LogP) is 3.99. The van der Waals surface area contributed by atoms with Gasteiger partial charge < -0.3 is 5.32 Å². The Labute approximate surface area is 189 Å². The Kier molecular flexibility index (Phi) is 7.16. The highest BCUT2D eigenvalue weighted by molar-refractivity contribution is 7.99. The molecule has 1 aromatic heterocycles. The quantitative estimate of drug-likeness (QED) is 0.528. The third kappa shape index (κ3) is 5.53. The molecule has 166 valence electrons. The number of amides is 3. The van der Waals surface area contributed by atoms with Gasteiger partial charge in [-0.25, -0.2) is 9.18 Å². The first kappa shape index (κ1) is 22.0. The molecule has 0 spiro atoms. The first-order valence-electron chi connectivity index (χ1n) is 10.6. The van der Waals surface area contributed by atoms with E-state index in [-0.39, 0.29) is 11.8 Å². The van der Waals surface area contributed by atoms with Gasteiger partial charge in [0.25, 0.3) is 0 Å². The number of benzene rings is 2. The number of hydrogen-bond acceptors (Lipinski definition) is 5. The van der Waals surface area contributed by atoms with Crippen molar-refractivity contribution in [3.63, 3.8) is 0 Å². The molecule has 0 bridgehead atoms. The molecule has 1 aliphatic rings. The minimum Gasteiger partial charge on any atom is -0.335 e. The van der Waals surface area contributed by atoms with E-state index in [1.165, 1.54) is 6.07 Å². The summed E-state index contributed by atoms with van der Waals surface area (Å²) in [5.74, 6) is -0.449. The van der Waals surface area contributed by atoms with Crippen molar-refractivity contribution in [2.75, 3.05) is 5.75 Å². The van der Waals surface area contributed by atoms with Crippen LogP contribution in [0.5, 0.6) is 0 Å². The molecule has 3 aromatic rings. The molecule has 32 heavy (non-hydrogen) atoms. The van der Waals surface area contributed by atoms with Gasteiger partial charge in [0, 0.05) is 6.04 Å². The summed E-state index contributed by atoms with van der Waals surface area (Å²) in [5, 5.41) is 14.1. The highest BCUT2D eigenvalue weighted by atomic mass is 32.2. The molecule has 1 fully saturated rings. The Bertz CT molecular complexity index is 1080. The number of nitrogens with zero attached hydrogens (tertiary/aromatic N) is 3. The summed E-state index contributed by atoms with van der Waals surface area (Å²) in [4.78, 5) is 24.3. The number of aromatic nitrogens is 3. The van der Waals surface area contributed by atoms with Crippen molar-refractivity contribution in [2.45, 2.75) is 43.4 Å². The molecule has 1 aliphatic carbocycles. The molecule has 2 N–H and O–H groups in total. The summed E-state index contributed by atoms with van der Waals surface area (Å²) in [6.07, 6.45) is 4.07. The average molecular weight is 454 g/mol. The van der Waals surface area contributed by atoms with Crippen LogP contribution in [0.4, 0.5) is 9.18 Å². The van der Waals surface area contributed by atoms with E-state index in [1.54, 1.807) is 22.8 Å². The van der Waals surface area contributed by atoms with E-state index in [1.807, 2.05) is 30.3 Å². The Hall–Kier alpha value is -3.20. The highest BCUT2D eigenvalue weighted by Crippen LogP contribution is 2.27. The topological polar surface area (TPSA) is 88.9 Å². The van der Waals surface area contributed by atoms with Gasteiger partial charge in [-0.1, -0.05) is 67.1 Å².